The minimum Gasteiger partial charge on any atom is -0.480 e. The average Bonchev–Trinajstić information content (AvgIpc) is 3.01. The van der Waals surface area contributed by atoms with Crippen LogP contribution in [-0.2, 0) is 20.8 Å². The Labute approximate surface area is 162 Å². The molecule has 3 rings (SSSR count). The lowest BCUT2D eigenvalue weighted by molar-refractivity contribution is -0.150. The number of nitrogens with one attached hydrogen (secondary N) is 1. The molecule has 0 unspecified atom stereocenters. The predicted octanol–water partition coefficient (Wildman–Crippen LogP) is 1.57. The Kier molecular flexibility index (Phi) is 6.38. The lowest BCUT2D eigenvalue weighted by Crippen LogP contribution is -2.55. The normalized spacial score (nSPS) is 26.3. The zero-order chi connectivity index (χ0) is 19.4. The van der Waals surface area contributed by atoms with E-state index < -0.39 is 30.1 Å². The first kappa shape index (κ1) is 19.7. The molecule has 1 aromatic rings. The molecule has 2 heterocycles. The molecule has 2 aliphatic heterocycles. The van der Waals surface area contributed by atoms with Gasteiger partial charge >= 0.3 is 11.9 Å². The van der Waals surface area contributed by atoms with E-state index in [1.807, 2.05) is 30.3 Å². The molecule has 1 amide bonds. The molecule has 2 fully saturated rings. The molecule has 1 aromatic carbocycles. The molecule has 0 aliphatic carbocycles. The van der Waals surface area contributed by atoms with Gasteiger partial charge in [0.25, 0.3) is 0 Å². The number of hydrogen-bond acceptors (Lipinski definition) is 5. The zero-order valence-corrected chi connectivity index (χ0v) is 15.7. The van der Waals surface area contributed by atoms with Crippen molar-refractivity contribution in [1.82, 2.24) is 10.2 Å². The van der Waals surface area contributed by atoms with Crippen molar-refractivity contribution in [3.05, 3.63) is 35.9 Å². The summed E-state index contributed by atoms with van der Waals surface area (Å²) in [4.78, 5) is 37.6. The molecule has 3 N–H and O–H groups in total. The number of thioether (sulfide) groups is 1. The van der Waals surface area contributed by atoms with Crippen molar-refractivity contribution in [1.29, 1.82) is 0 Å². The molecule has 7 nitrogen and oxygen atoms in total. The summed E-state index contributed by atoms with van der Waals surface area (Å²) in [5.74, 6) is -1.90. The summed E-state index contributed by atoms with van der Waals surface area (Å²) >= 11 is 1.49. The highest BCUT2D eigenvalue weighted by molar-refractivity contribution is 8.00. The van der Waals surface area contributed by atoms with E-state index >= 15 is 0 Å². The van der Waals surface area contributed by atoms with Gasteiger partial charge in [-0.1, -0.05) is 30.3 Å². The summed E-state index contributed by atoms with van der Waals surface area (Å²) in [5.41, 5.74) is 1.04. The van der Waals surface area contributed by atoms with E-state index in [-0.39, 0.29) is 11.3 Å². The van der Waals surface area contributed by atoms with E-state index in [0.717, 1.165) is 18.4 Å². The van der Waals surface area contributed by atoms with Gasteiger partial charge in [-0.2, -0.15) is 0 Å². The molecule has 0 radical (unpaired) electrons. The van der Waals surface area contributed by atoms with Gasteiger partial charge < -0.3 is 15.1 Å². The van der Waals surface area contributed by atoms with Crippen molar-refractivity contribution < 1.29 is 24.6 Å². The van der Waals surface area contributed by atoms with Crippen LogP contribution in [0.2, 0.25) is 0 Å². The fraction of sp³-hybridized carbons (Fsp3) is 0.526. The summed E-state index contributed by atoms with van der Waals surface area (Å²) < 4.78 is 0. The molecule has 146 valence electrons. The Morgan fingerprint density at radius 1 is 1.22 bits per heavy atom. The molecule has 0 aromatic heterocycles. The van der Waals surface area contributed by atoms with Crippen LogP contribution in [-0.4, -0.2) is 62.2 Å². The number of aryl methyl sites for hydroxylation is 1. The van der Waals surface area contributed by atoms with Crippen molar-refractivity contribution in [3.8, 4) is 0 Å². The first-order valence-corrected chi connectivity index (χ1v) is 10.2. The number of benzene rings is 1. The largest absolute Gasteiger partial charge is 0.480 e. The highest BCUT2D eigenvalue weighted by Crippen LogP contribution is 2.35. The Morgan fingerprint density at radius 2 is 1.96 bits per heavy atom. The molecule has 2 saturated heterocycles. The zero-order valence-electron chi connectivity index (χ0n) is 14.9. The number of hydrogen-bond donors (Lipinski definition) is 3. The lowest BCUT2D eigenvalue weighted by atomic mass is 10.0. The monoisotopic (exact) mass is 392 g/mol. The second kappa shape index (κ2) is 8.75. The molecular weight excluding hydrogens is 368 g/mol. The number of amides is 1. The second-order valence-corrected chi connectivity index (χ2v) is 8.16. The van der Waals surface area contributed by atoms with Crippen molar-refractivity contribution in [2.24, 2.45) is 0 Å². The molecule has 0 spiro atoms. The van der Waals surface area contributed by atoms with Crippen molar-refractivity contribution in [2.75, 3.05) is 5.75 Å². The lowest BCUT2D eigenvalue weighted by Gasteiger charge is -2.29. The topological polar surface area (TPSA) is 107 Å². The summed E-state index contributed by atoms with van der Waals surface area (Å²) in [6, 6.07) is 7.27. The van der Waals surface area contributed by atoms with Gasteiger partial charge in [0.05, 0.1) is 11.4 Å². The average molecular weight is 392 g/mol. The Hall–Kier alpha value is -2.06. The smallest absolute Gasteiger partial charge is 0.327 e. The van der Waals surface area contributed by atoms with Gasteiger partial charge in [-0.05, 0) is 37.7 Å². The predicted molar refractivity (Wildman–Crippen MR) is 101 cm³/mol. The highest BCUT2D eigenvalue weighted by atomic mass is 32.2. The number of fused-ring (bicyclic) bond motifs is 1. The summed E-state index contributed by atoms with van der Waals surface area (Å²) in [6.07, 6.45) is 2.97. The van der Waals surface area contributed by atoms with Gasteiger partial charge in [0, 0.05) is 5.75 Å². The number of nitrogens with zero attached hydrogens (tertiary/aromatic N) is 1. The maximum absolute atomic E-state index is 13.0. The van der Waals surface area contributed by atoms with E-state index in [0.29, 0.717) is 25.0 Å². The van der Waals surface area contributed by atoms with Crippen molar-refractivity contribution >= 4 is 29.6 Å². The molecule has 4 atom stereocenters. The fourth-order valence-corrected chi connectivity index (χ4v) is 5.16. The maximum atomic E-state index is 13.0. The molecule has 2 aliphatic rings. The van der Waals surface area contributed by atoms with E-state index in [9.17, 15) is 24.6 Å². The summed E-state index contributed by atoms with van der Waals surface area (Å²) in [7, 11) is 0. The van der Waals surface area contributed by atoms with Crippen LogP contribution in [0.1, 0.15) is 31.2 Å². The van der Waals surface area contributed by atoms with Crippen molar-refractivity contribution in [3.63, 3.8) is 0 Å². The third kappa shape index (κ3) is 4.62. The van der Waals surface area contributed by atoms with Crippen LogP contribution in [0.3, 0.4) is 0 Å². The second-order valence-electron chi connectivity index (χ2n) is 6.95. The first-order valence-electron chi connectivity index (χ1n) is 9.16. The van der Waals surface area contributed by atoms with Crippen LogP contribution in [0.25, 0.3) is 0 Å². The number of carbonyl (C=O) groups is 3. The SMILES string of the molecule is O=C(O)[C@H](CCc1ccccc1)N[C@H]1CCC[C@H]2SC[C@@H](C(=O)O)N2C1=O. The Morgan fingerprint density at radius 3 is 2.63 bits per heavy atom. The number of aliphatic carboxylic acids is 2. The van der Waals surface area contributed by atoms with Gasteiger partial charge in [0.2, 0.25) is 5.91 Å². The summed E-state index contributed by atoms with van der Waals surface area (Å²) in [5, 5.41) is 21.9. The standard InChI is InChI=1S/C19H24N2O5S/c22-17-13(7-4-8-16-21(17)15(11-27-16)19(25)26)20-14(18(23)24)10-9-12-5-2-1-3-6-12/h1-3,5-6,13-16,20H,4,7-11H2,(H,23,24)(H,25,26)/t13-,14-,15-,16+/m0/s1. The van der Waals surface area contributed by atoms with Crippen LogP contribution in [0.5, 0.6) is 0 Å². The van der Waals surface area contributed by atoms with E-state index in [2.05, 4.69) is 5.32 Å². The van der Waals surface area contributed by atoms with Crippen LogP contribution in [0.15, 0.2) is 30.3 Å². The third-order valence-electron chi connectivity index (χ3n) is 5.14. The summed E-state index contributed by atoms with van der Waals surface area (Å²) in [6.45, 7) is 0. The van der Waals surface area contributed by atoms with Crippen molar-refractivity contribution in [2.45, 2.75) is 55.6 Å². The van der Waals surface area contributed by atoms with E-state index in [1.54, 1.807) is 0 Å². The minimum absolute atomic E-state index is 0.127. The number of rotatable bonds is 7. The minimum atomic E-state index is -1.00. The highest BCUT2D eigenvalue weighted by Gasteiger charge is 2.45. The van der Waals surface area contributed by atoms with Crippen LogP contribution >= 0.6 is 11.8 Å². The molecule has 0 saturated carbocycles. The van der Waals surface area contributed by atoms with Gasteiger partial charge in [-0.25, -0.2) is 4.79 Å². The molecule has 0 bridgehead atoms. The van der Waals surface area contributed by atoms with Crippen LogP contribution < -0.4 is 5.32 Å². The van der Waals surface area contributed by atoms with Gasteiger partial charge in [-0.3, -0.25) is 14.9 Å². The number of carboxylic acids is 2. The fourth-order valence-electron chi connectivity index (χ4n) is 3.70. The van der Waals surface area contributed by atoms with Gasteiger partial charge in [0.15, 0.2) is 0 Å². The van der Waals surface area contributed by atoms with Gasteiger partial charge in [-0.15, -0.1) is 11.8 Å². The number of carboxylic acid groups (broad SMARTS) is 2. The quantitative estimate of drug-likeness (QED) is 0.646. The number of carbonyl (C=O) groups excluding carboxylic acids is 1. The van der Waals surface area contributed by atoms with E-state index in [1.165, 1.54) is 16.7 Å². The van der Waals surface area contributed by atoms with Crippen LogP contribution in [0.4, 0.5) is 0 Å². The third-order valence-corrected chi connectivity index (χ3v) is 6.49. The van der Waals surface area contributed by atoms with E-state index in [4.69, 9.17) is 0 Å². The molecule has 8 heteroatoms. The Bertz CT molecular complexity index is 699. The maximum Gasteiger partial charge on any atom is 0.327 e. The molecule has 27 heavy (non-hydrogen) atoms. The first-order chi connectivity index (χ1) is 13.0. The Balaban J connectivity index is 1.68. The van der Waals surface area contributed by atoms with Gasteiger partial charge in [0.1, 0.15) is 12.1 Å². The van der Waals surface area contributed by atoms with Crippen LogP contribution in [0, 0.1) is 0 Å². The molecular formula is C19H24N2O5S.